The fourth-order valence-corrected chi connectivity index (χ4v) is 2.91. The second kappa shape index (κ2) is 5.54. The van der Waals surface area contributed by atoms with E-state index in [1.165, 1.54) is 6.07 Å². The van der Waals surface area contributed by atoms with Crippen LogP contribution in [0, 0.1) is 5.41 Å². The number of benzene rings is 1. The van der Waals surface area contributed by atoms with Gasteiger partial charge in [0, 0.05) is 10.5 Å². The molecule has 108 valence electrons. The van der Waals surface area contributed by atoms with Gasteiger partial charge in [-0.05, 0) is 38.0 Å². The molecule has 0 radical (unpaired) electrons. The van der Waals surface area contributed by atoms with Crippen LogP contribution in [0.3, 0.4) is 0 Å². The lowest BCUT2D eigenvalue weighted by Crippen LogP contribution is -2.44. The smallest absolute Gasteiger partial charge is 0.337 e. The van der Waals surface area contributed by atoms with Crippen molar-refractivity contribution in [3.8, 4) is 0 Å². The van der Waals surface area contributed by atoms with Gasteiger partial charge >= 0.3 is 5.97 Å². The Kier molecular flexibility index (Phi) is 4.15. The summed E-state index contributed by atoms with van der Waals surface area (Å²) in [4.78, 5) is 23.6. The lowest BCUT2D eigenvalue weighted by molar-refractivity contribution is -0.125. The van der Waals surface area contributed by atoms with Gasteiger partial charge in [0.2, 0.25) is 5.91 Å². The highest BCUT2D eigenvalue weighted by Crippen LogP contribution is 2.38. The third-order valence-corrected chi connectivity index (χ3v) is 4.50. The van der Waals surface area contributed by atoms with Crippen LogP contribution < -0.4 is 11.1 Å². The molecule has 5 nitrogen and oxygen atoms in total. The maximum Gasteiger partial charge on any atom is 0.337 e. The highest BCUT2D eigenvalue weighted by Gasteiger charge is 2.43. The van der Waals surface area contributed by atoms with Crippen molar-refractivity contribution >= 4 is 33.5 Å². The van der Waals surface area contributed by atoms with Crippen molar-refractivity contribution in [3.05, 3.63) is 28.2 Å². The van der Waals surface area contributed by atoms with Crippen molar-refractivity contribution in [2.24, 2.45) is 11.1 Å². The van der Waals surface area contributed by atoms with E-state index >= 15 is 0 Å². The summed E-state index contributed by atoms with van der Waals surface area (Å²) in [6, 6.07) is 4.48. The zero-order valence-electron chi connectivity index (χ0n) is 11.1. The number of carboxylic acids is 1. The van der Waals surface area contributed by atoms with Gasteiger partial charge in [-0.25, -0.2) is 4.79 Å². The number of aromatic carboxylic acids is 1. The SMILES string of the molecule is CC1(C(=O)Nc2cc(Br)ccc2C(=O)O)CCCC1N. The van der Waals surface area contributed by atoms with Gasteiger partial charge in [0.25, 0.3) is 0 Å². The molecular weight excluding hydrogens is 324 g/mol. The third-order valence-electron chi connectivity index (χ3n) is 4.01. The van der Waals surface area contributed by atoms with Gasteiger partial charge in [0.05, 0.1) is 16.7 Å². The summed E-state index contributed by atoms with van der Waals surface area (Å²) < 4.78 is 0.707. The highest BCUT2D eigenvalue weighted by atomic mass is 79.9. The first kappa shape index (κ1) is 15.0. The van der Waals surface area contributed by atoms with Crippen LogP contribution in [0.4, 0.5) is 5.69 Å². The molecule has 2 rings (SSSR count). The fourth-order valence-electron chi connectivity index (χ4n) is 2.55. The van der Waals surface area contributed by atoms with Crippen LogP contribution in [0.25, 0.3) is 0 Å². The summed E-state index contributed by atoms with van der Waals surface area (Å²) in [6.45, 7) is 1.83. The van der Waals surface area contributed by atoms with Gasteiger partial charge in [-0.2, -0.15) is 0 Å². The molecule has 1 saturated carbocycles. The van der Waals surface area contributed by atoms with Gasteiger partial charge in [-0.3, -0.25) is 4.79 Å². The number of hydrogen-bond donors (Lipinski definition) is 3. The molecule has 1 aromatic carbocycles. The van der Waals surface area contributed by atoms with E-state index in [-0.39, 0.29) is 23.2 Å². The van der Waals surface area contributed by atoms with Crippen LogP contribution in [0.1, 0.15) is 36.5 Å². The Hall–Kier alpha value is -1.40. The fraction of sp³-hybridized carbons (Fsp3) is 0.429. The van der Waals surface area contributed by atoms with E-state index in [2.05, 4.69) is 21.2 Å². The van der Waals surface area contributed by atoms with Crippen LogP contribution in [-0.4, -0.2) is 23.0 Å². The minimum atomic E-state index is -1.08. The van der Waals surface area contributed by atoms with Crippen molar-refractivity contribution in [3.63, 3.8) is 0 Å². The molecule has 0 bridgehead atoms. The van der Waals surface area contributed by atoms with Gasteiger partial charge in [-0.15, -0.1) is 0 Å². The molecule has 20 heavy (non-hydrogen) atoms. The Morgan fingerprint density at radius 1 is 1.50 bits per heavy atom. The average molecular weight is 341 g/mol. The van der Waals surface area contributed by atoms with E-state index in [4.69, 9.17) is 10.8 Å². The number of carbonyl (C=O) groups excluding carboxylic acids is 1. The van der Waals surface area contributed by atoms with Crippen LogP contribution in [-0.2, 0) is 4.79 Å². The van der Waals surface area contributed by atoms with E-state index < -0.39 is 11.4 Å². The first-order valence-electron chi connectivity index (χ1n) is 6.44. The third kappa shape index (κ3) is 2.71. The number of carboxylic acid groups (broad SMARTS) is 1. The Bertz CT molecular complexity index is 561. The number of nitrogens with one attached hydrogen (secondary N) is 1. The maximum absolute atomic E-state index is 12.4. The molecule has 4 N–H and O–H groups in total. The number of amides is 1. The molecule has 1 aromatic rings. The van der Waals surface area contributed by atoms with Crippen LogP contribution in [0.15, 0.2) is 22.7 Å². The molecule has 2 unspecified atom stereocenters. The predicted molar refractivity (Wildman–Crippen MR) is 79.7 cm³/mol. The first-order valence-corrected chi connectivity index (χ1v) is 7.24. The van der Waals surface area contributed by atoms with Crippen LogP contribution in [0.2, 0.25) is 0 Å². The standard InChI is InChI=1S/C14H17BrN2O3/c1-14(6-2-3-11(14)16)13(20)17-10-7-8(15)4-5-9(10)12(18)19/h4-5,7,11H,2-3,6,16H2,1H3,(H,17,20)(H,18,19). The topological polar surface area (TPSA) is 92.4 Å². The molecule has 1 aliphatic carbocycles. The lowest BCUT2D eigenvalue weighted by atomic mass is 9.84. The zero-order valence-corrected chi connectivity index (χ0v) is 12.7. The second-order valence-corrected chi connectivity index (χ2v) is 6.28. The van der Waals surface area contributed by atoms with E-state index in [0.29, 0.717) is 4.47 Å². The van der Waals surface area contributed by atoms with Gasteiger partial charge in [0.15, 0.2) is 0 Å². The summed E-state index contributed by atoms with van der Waals surface area (Å²) in [5.74, 6) is -1.29. The Morgan fingerprint density at radius 3 is 2.75 bits per heavy atom. The molecule has 0 saturated heterocycles. The van der Waals surface area contributed by atoms with Gasteiger partial charge < -0.3 is 16.2 Å². The van der Waals surface area contributed by atoms with Crippen molar-refractivity contribution in [2.45, 2.75) is 32.2 Å². The van der Waals surface area contributed by atoms with E-state index in [1.807, 2.05) is 6.92 Å². The zero-order chi connectivity index (χ0) is 14.9. The number of halogens is 1. The molecule has 6 heteroatoms. The summed E-state index contributed by atoms with van der Waals surface area (Å²) >= 11 is 3.28. The largest absolute Gasteiger partial charge is 0.478 e. The number of rotatable bonds is 3. The Morgan fingerprint density at radius 2 is 2.20 bits per heavy atom. The number of hydrogen-bond acceptors (Lipinski definition) is 3. The summed E-state index contributed by atoms with van der Waals surface area (Å²) in [5, 5.41) is 11.9. The minimum Gasteiger partial charge on any atom is -0.478 e. The molecule has 1 aliphatic rings. The van der Waals surface area contributed by atoms with Crippen molar-refractivity contribution < 1.29 is 14.7 Å². The first-order chi connectivity index (χ1) is 9.34. The predicted octanol–water partition coefficient (Wildman–Crippen LogP) is 2.60. The lowest BCUT2D eigenvalue weighted by Gasteiger charge is -2.27. The Balaban J connectivity index is 2.28. The molecule has 1 fully saturated rings. The van der Waals surface area contributed by atoms with Crippen molar-refractivity contribution in [1.82, 2.24) is 0 Å². The Labute approximate surface area is 125 Å². The number of anilines is 1. The van der Waals surface area contributed by atoms with Gasteiger partial charge in [-0.1, -0.05) is 22.4 Å². The highest BCUT2D eigenvalue weighted by molar-refractivity contribution is 9.10. The van der Waals surface area contributed by atoms with Crippen molar-refractivity contribution in [1.29, 1.82) is 0 Å². The van der Waals surface area contributed by atoms with Gasteiger partial charge in [0.1, 0.15) is 0 Å². The average Bonchev–Trinajstić information content (AvgIpc) is 2.70. The van der Waals surface area contributed by atoms with Crippen LogP contribution >= 0.6 is 15.9 Å². The van der Waals surface area contributed by atoms with E-state index in [1.54, 1.807) is 12.1 Å². The molecule has 2 atom stereocenters. The maximum atomic E-state index is 12.4. The molecule has 0 aromatic heterocycles. The number of nitrogens with two attached hydrogens (primary N) is 1. The minimum absolute atomic E-state index is 0.0664. The van der Waals surface area contributed by atoms with Crippen molar-refractivity contribution in [2.75, 3.05) is 5.32 Å². The van der Waals surface area contributed by atoms with Crippen LogP contribution in [0.5, 0.6) is 0 Å². The number of carbonyl (C=O) groups is 2. The van der Waals surface area contributed by atoms with E-state index in [9.17, 15) is 9.59 Å². The summed E-state index contributed by atoms with van der Waals surface area (Å²) in [6.07, 6.45) is 2.44. The molecule has 1 amide bonds. The van der Waals surface area contributed by atoms with E-state index in [0.717, 1.165) is 19.3 Å². The normalized spacial score (nSPS) is 25.4. The summed E-state index contributed by atoms with van der Waals surface area (Å²) in [7, 11) is 0. The monoisotopic (exact) mass is 340 g/mol. The molecule has 0 aliphatic heterocycles. The second-order valence-electron chi connectivity index (χ2n) is 5.37. The molecular formula is C14H17BrN2O3. The molecule has 0 heterocycles. The molecule has 0 spiro atoms. The summed E-state index contributed by atoms with van der Waals surface area (Å²) in [5.41, 5.74) is 5.72. The quantitative estimate of drug-likeness (QED) is 0.788.